The van der Waals surface area contributed by atoms with Crippen LogP contribution in [0.2, 0.25) is 0 Å². The Bertz CT molecular complexity index is 129. The van der Waals surface area contributed by atoms with Gasteiger partial charge in [0.25, 0.3) is 0 Å². The van der Waals surface area contributed by atoms with Crippen LogP contribution >= 0.6 is 12.6 Å². The predicted octanol–water partition coefficient (Wildman–Crippen LogP) is 4.77. The highest BCUT2D eigenvalue weighted by Gasteiger charge is 2.03. The Balaban J connectivity index is 3.60. The third-order valence-corrected chi connectivity index (χ3v) is 3.60. The minimum atomic E-state index is 1.04. The first-order chi connectivity index (χ1) is 8.35. The molecule has 0 radical (unpaired) electrons. The number of thiol groups is 1. The van der Waals surface area contributed by atoms with Gasteiger partial charge < -0.3 is 4.90 Å². The van der Waals surface area contributed by atoms with E-state index in [2.05, 4.69) is 31.4 Å². The van der Waals surface area contributed by atoms with Crippen LogP contribution in [0.1, 0.15) is 71.6 Å². The fraction of sp³-hybridized carbons (Fsp3) is 1.00. The van der Waals surface area contributed by atoms with Crippen molar-refractivity contribution in [3.8, 4) is 0 Å². The van der Waals surface area contributed by atoms with Gasteiger partial charge in [0, 0.05) is 0 Å². The lowest BCUT2D eigenvalue weighted by Gasteiger charge is -2.22. The number of rotatable bonds is 13. The molecule has 0 aliphatic carbocycles. The van der Waals surface area contributed by atoms with E-state index in [1.807, 2.05) is 0 Å². The molecule has 0 N–H and O–H groups in total. The molecule has 0 aliphatic heterocycles. The molecule has 1 nitrogen and oxygen atoms in total. The van der Waals surface area contributed by atoms with E-state index in [4.69, 9.17) is 0 Å². The third kappa shape index (κ3) is 12.6. The Kier molecular flexibility index (Phi) is 14.6. The van der Waals surface area contributed by atoms with Gasteiger partial charge in [-0.05, 0) is 51.1 Å². The molecule has 0 spiro atoms. The number of unbranched alkanes of at least 4 members (excludes halogenated alkanes) is 6. The summed E-state index contributed by atoms with van der Waals surface area (Å²) in [6.45, 7) is 8.48. The van der Waals surface area contributed by atoms with Gasteiger partial charge >= 0.3 is 0 Å². The molecule has 0 atom stereocenters. The van der Waals surface area contributed by atoms with Crippen molar-refractivity contribution in [1.29, 1.82) is 0 Å². The van der Waals surface area contributed by atoms with Crippen molar-refractivity contribution in [3.05, 3.63) is 0 Å². The van der Waals surface area contributed by atoms with Crippen LogP contribution < -0.4 is 0 Å². The quantitative estimate of drug-likeness (QED) is 0.368. The van der Waals surface area contributed by atoms with Crippen molar-refractivity contribution in [2.75, 3.05) is 25.4 Å². The molecule has 17 heavy (non-hydrogen) atoms. The van der Waals surface area contributed by atoms with Crippen LogP contribution in [-0.2, 0) is 0 Å². The van der Waals surface area contributed by atoms with Gasteiger partial charge in [-0.1, -0.05) is 46.0 Å². The number of hydrogen-bond donors (Lipinski definition) is 1. The predicted molar refractivity (Wildman–Crippen MR) is 83.2 cm³/mol. The molecular formula is C15H33NS. The van der Waals surface area contributed by atoms with Crippen LogP contribution in [0.3, 0.4) is 0 Å². The van der Waals surface area contributed by atoms with E-state index in [0.717, 1.165) is 5.75 Å². The second-order valence-electron chi connectivity index (χ2n) is 5.04. The first-order valence-electron chi connectivity index (χ1n) is 7.68. The van der Waals surface area contributed by atoms with E-state index in [9.17, 15) is 0 Å². The number of nitrogens with zero attached hydrogens (tertiary/aromatic N) is 1. The Morgan fingerprint density at radius 1 is 0.647 bits per heavy atom. The first-order valence-corrected chi connectivity index (χ1v) is 8.31. The van der Waals surface area contributed by atoms with E-state index in [1.54, 1.807) is 0 Å². The summed E-state index contributed by atoms with van der Waals surface area (Å²) in [5, 5.41) is 0. The lowest BCUT2D eigenvalue weighted by Crippen LogP contribution is -2.27. The molecule has 0 aromatic carbocycles. The highest BCUT2D eigenvalue weighted by atomic mass is 32.1. The molecule has 0 saturated carbocycles. The minimum absolute atomic E-state index is 1.04. The Morgan fingerprint density at radius 3 is 1.65 bits per heavy atom. The molecule has 0 aliphatic rings. The van der Waals surface area contributed by atoms with Gasteiger partial charge in [0.15, 0.2) is 0 Å². The normalized spacial score (nSPS) is 11.3. The summed E-state index contributed by atoms with van der Waals surface area (Å²) in [6.07, 6.45) is 12.2. The summed E-state index contributed by atoms with van der Waals surface area (Å²) >= 11 is 4.29. The molecular weight excluding hydrogens is 226 g/mol. The SMILES string of the molecule is CCCCCCN(CCCCC)CCCCS. The standard InChI is InChI=1S/C15H33NS/c1-3-5-7-9-13-16(12-8-6-4-2)14-10-11-15-17/h17H,3-15H2,1-2H3. The largest absolute Gasteiger partial charge is 0.303 e. The van der Waals surface area contributed by atoms with Crippen molar-refractivity contribution in [3.63, 3.8) is 0 Å². The van der Waals surface area contributed by atoms with Crippen LogP contribution in [0.5, 0.6) is 0 Å². The summed E-state index contributed by atoms with van der Waals surface area (Å²) in [5.41, 5.74) is 0. The van der Waals surface area contributed by atoms with Gasteiger partial charge in [0.2, 0.25) is 0 Å². The third-order valence-electron chi connectivity index (χ3n) is 3.29. The lowest BCUT2D eigenvalue weighted by atomic mass is 10.2. The van der Waals surface area contributed by atoms with Gasteiger partial charge in [-0.25, -0.2) is 0 Å². The molecule has 0 bridgehead atoms. The molecule has 2 heteroatoms. The molecule has 0 heterocycles. The van der Waals surface area contributed by atoms with Gasteiger partial charge in [-0.2, -0.15) is 12.6 Å². The van der Waals surface area contributed by atoms with E-state index in [-0.39, 0.29) is 0 Å². The van der Waals surface area contributed by atoms with Crippen molar-refractivity contribution in [1.82, 2.24) is 4.90 Å². The molecule has 104 valence electrons. The Hall–Kier alpha value is 0.310. The summed E-state index contributed by atoms with van der Waals surface area (Å²) in [5.74, 6) is 1.04. The average Bonchev–Trinajstić information content (AvgIpc) is 2.34. The van der Waals surface area contributed by atoms with Crippen LogP contribution in [0, 0.1) is 0 Å². The zero-order chi connectivity index (χ0) is 12.8. The van der Waals surface area contributed by atoms with Crippen LogP contribution in [-0.4, -0.2) is 30.3 Å². The number of hydrogen-bond acceptors (Lipinski definition) is 2. The van der Waals surface area contributed by atoms with Crippen molar-refractivity contribution in [2.45, 2.75) is 71.6 Å². The monoisotopic (exact) mass is 259 g/mol. The van der Waals surface area contributed by atoms with Crippen molar-refractivity contribution >= 4 is 12.6 Å². The smallest absolute Gasteiger partial charge is 0.00184 e. The maximum atomic E-state index is 4.29. The van der Waals surface area contributed by atoms with Crippen molar-refractivity contribution < 1.29 is 0 Å². The maximum absolute atomic E-state index is 4.29. The minimum Gasteiger partial charge on any atom is -0.303 e. The summed E-state index contributed by atoms with van der Waals surface area (Å²) in [7, 11) is 0. The van der Waals surface area contributed by atoms with E-state index in [0.29, 0.717) is 0 Å². The average molecular weight is 260 g/mol. The summed E-state index contributed by atoms with van der Waals surface area (Å²) in [6, 6.07) is 0. The molecule has 0 rings (SSSR count). The van der Waals surface area contributed by atoms with Gasteiger partial charge in [0.05, 0.1) is 0 Å². The van der Waals surface area contributed by atoms with Crippen LogP contribution in [0.25, 0.3) is 0 Å². The summed E-state index contributed by atoms with van der Waals surface area (Å²) < 4.78 is 0. The lowest BCUT2D eigenvalue weighted by molar-refractivity contribution is 0.258. The van der Waals surface area contributed by atoms with Gasteiger partial charge in [-0.3, -0.25) is 0 Å². The summed E-state index contributed by atoms with van der Waals surface area (Å²) in [4.78, 5) is 2.68. The molecule has 0 amide bonds. The molecule has 0 aromatic rings. The zero-order valence-electron chi connectivity index (χ0n) is 12.1. The highest BCUT2D eigenvalue weighted by molar-refractivity contribution is 7.80. The second-order valence-corrected chi connectivity index (χ2v) is 5.49. The highest BCUT2D eigenvalue weighted by Crippen LogP contribution is 2.06. The van der Waals surface area contributed by atoms with Gasteiger partial charge in [-0.15, -0.1) is 0 Å². The topological polar surface area (TPSA) is 3.24 Å². The zero-order valence-corrected chi connectivity index (χ0v) is 13.0. The molecule has 0 aromatic heterocycles. The maximum Gasteiger partial charge on any atom is -0.00184 e. The van der Waals surface area contributed by atoms with Crippen LogP contribution in [0.15, 0.2) is 0 Å². The molecule has 0 unspecified atom stereocenters. The molecule has 0 fully saturated rings. The fourth-order valence-corrected chi connectivity index (χ4v) is 2.35. The van der Waals surface area contributed by atoms with Gasteiger partial charge in [0.1, 0.15) is 0 Å². The van der Waals surface area contributed by atoms with E-state index in [1.165, 1.54) is 77.4 Å². The van der Waals surface area contributed by atoms with E-state index < -0.39 is 0 Å². The fourth-order valence-electron chi connectivity index (χ4n) is 2.13. The molecule has 0 saturated heterocycles. The second kappa shape index (κ2) is 14.4. The van der Waals surface area contributed by atoms with Crippen molar-refractivity contribution in [2.24, 2.45) is 0 Å². The Morgan fingerprint density at radius 2 is 1.12 bits per heavy atom. The Labute approximate surface area is 115 Å². The van der Waals surface area contributed by atoms with E-state index >= 15 is 0 Å². The first kappa shape index (κ1) is 17.3. The van der Waals surface area contributed by atoms with Crippen LogP contribution in [0.4, 0.5) is 0 Å².